The van der Waals surface area contributed by atoms with Crippen LogP contribution in [0.4, 0.5) is 0 Å². The molecule has 0 amide bonds. The minimum atomic E-state index is -0.663. The van der Waals surface area contributed by atoms with Crippen LogP contribution in [-0.2, 0) is 0 Å². The second-order valence-electron chi connectivity index (χ2n) is 7.53. The first-order chi connectivity index (χ1) is 17.0. The summed E-state index contributed by atoms with van der Waals surface area (Å²) in [5.74, 6) is -0.484. The number of benzene rings is 2. The summed E-state index contributed by atoms with van der Waals surface area (Å²) >= 11 is 3.44. The highest BCUT2D eigenvalue weighted by Gasteiger charge is 2.36. The van der Waals surface area contributed by atoms with Crippen molar-refractivity contribution < 1.29 is 23.4 Å². The number of carbonyl (C=O) groups is 1. The normalized spacial score (nSPS) is 14.6. The van der Waals surface area contributed by atoms with E-state index in [9.17, 15) is 10.1 Å². The van der Waals surface area contributed by atoms with Gasteiger partial charge in [0.25, 0.3) is 0 Å². The molecule has 174 valence electrons. The van der Waals surface area contributed by atoms with Gasteiger partial charge in [-0.25, -0.2) is 4.79 Å². The standard InChI is InChI=1S/C25H17BrN4O5/c1-32-19-11-14(6-9-17(19)34-25(31)18-3-2-10-33-18)20-16(12-27)23(28)35-24-21(20)22(29-30-24)13-4-7-15(26)8-5-13/h2-11,20H,28H2,1H3,(H,29,30)/t20-/m0/s1. The third-order valence-corrected chi connectivity index (χ3v) is 6.05. The molecule has 10 heteroatoms. The van der Waals surface area contributed by atoms with Crippen molar-refractivity contribution in [2.75, 3.05) is 7.11 Å². The largest absolute Gasteiger partial charge is 0.493 e. The van der Waals surface area contributed by atoms with Gasteiger partial charge in [0.1, 0.15) is 11.6 Å². The summed E-state index contributed by atoms with van der Waals surface area (Å²) < 4.78 is 22.6. The first-order valence-electron chi connectivity index (χ1n) is 10.4. The summed E-state index contributed by atoms with van der Waals surface area (Å²) in [4.78, 5) is 12.4. The van der Waals surface area contributed by atoms with Crippen molar-refractivity contribution in [3.05, 3.63) is 93.7 Å². The molecule has 3 heterocycles. The van der Waals surface area contributed by atoms with E-state index >= 15 is 0 Å². The molecule has 0 bridgehead atoms. The van der Waals surface area contributed by atoms with Crippen molar-refractivity contribution in [2.45, 2.75) is 5.92 Å². The van der Waals surface area contributed by atoms with Crippen LogP contribution in [0, 0.1) is 11.3 Å². The number of H-pyrrole nitrogens is 1. The monoisotopic (exact) mass is 532 g/mol. The Balaban J connectivity index is 1.59. The Hall–Kier alpha value is -4.49. The molecular weight excluding hydrogens is 516 g/mol. The molecule has 0 spiro atoms. The number of nitrogens with one attached hydrogen (secondary N) is 1. The van der Waals surface area contributed by atoms with Gasteiger partial charge < -0.3 is 24.4 Å². The molecule has 4 aromatic rings. The summed E-state index contributed by atoms with van der Waals surface area (Å²) in [7, 11) is 1.46. The van der Waals surface area contributed by atoms with E-state index in [0.29, 0.717) is 22.6 Å². The van der Waals surface area contributed by atoms with Crippen LogP contribution < -0.4 is 19.9 Å². The fourth-order valence-electron chi connectivity index (χ4n) is 3.91. The third kappa shape index (κ3) is 4.02. The van der Waals surface area contributed by atoms with Crippen molar-refractivity contribution in [2.24, 2.45) is 5.73 Å². The molecule has 35 heavy (non-hydrogen) atoms. The zero-order chi connectivity index (χ0) is 24.5. The zero-order valence-electron chi connectivity index (χ0n) is 18.2. The molecule has 3 N–H and O–H groups in total. The van der Waals surface area contributed by atoms with Gasteiger partial charge in [-0.05, 0) is 42.0 Å². The zero-order valence-corrected chi connectivity index (χ0v) is 19.8. The molecule has 2 aromatic carbocycles. The van der Waals surface area contributed by atoms with Crippen LogP contribution in [0.3, 0.4) is 0 Å². The van der Waals surface area contributed by atoms with Gasteiger partial charge in [0.15, 0.2) is 11.5 Å². The van der Waals surface area contributed by atoms with Crippen molar-refractivity contribution in [1.29, 1.82) is 5.26 Å². The number of furan rings is 1. The Labute approximate surface area is 207 Å². The maximum Gasteiger partial charge on any atom is 0.379 e. The maximum absolute atomic E-state index is 12.4. The van der Waals surface area contributed by atoms with Crippen molar-refractivity contribution in [3.8, 4) is 34.7 Å². The lowest BCUT2D eigenvalue weighted by Crippen LogP contribution is -2.21. The van der Waals surface area contributed by atoms with Gasteiger partial charge in [-0.1, -0.05) is 34.1 Å². The Morgan fingerprint density at radius 2 is 2.00 bits per heavy atom. The number of ether oxygens (including phenoxy) is 3. The van der Waals surface area contributed by atoms with E-state index in [0.717, 1.165) is 10.0 Å². The number of methoxy groups -OCH3 is 1. The first kappa shape index (κ1) is 22.3. The second kappa shape index (κ2) is 9.04. The average molecular weight is 533 g/mol. The van der Waals surface area contributed by atoms with Crippen molar-refractivity contribution in [3.63, 3.8) is 0 Å². The van der Waals surface area contributed by atoms with Crippen LogP contribution >= 0.6 is 15.9 Å². The Morgan fingerprint density at radius 1 is 1.20 bits per heavy atom. The van der Waals surface area contributed by atoms with Gasteiger partial charge >= 0.3 is 5.97 Å². The summed E-state index contributed by atoms with van der Waals surface area (Å²) in [6.45, 7) is 0. The van der Waals surface area contributed by atoms with Crippen LogP contribution in [0.5, 0.6) is 17.4 Å². The molecule has 1 aliphatic rings. The van der Waals surface area contributed by atoms with Crippen molar-refractivity contribution in [1.82, 2.24) is 10.2 Å². The van der Waals surface area contributed by atoms with Gasteiger partial charge in [-0.2, -0.15) is 5.26 Å². The molecule has 0 unspecified atom stereocenters. The van der Waals surface area contributed by atoms with Crippen LogP contribution in [0.2, 0.25) is 0 Å². The molecule has 9 nitrogen and oxygen atoms in total. The third-order valence-electron chi connectivity index (χ3n) is 5.52. The number of fused-ring (bicyclic) bond motifs is 1. The van der Waals surface area contributed by atoms with Crippen LogP contribution in [-0.4, -0.2) is 23.3 Å². The quantitative estimate of drug-likeness (QED) is 0.274. The lowest BCUT2D eigenvalue weighted by atomic mass is 9.83. The predicted octanol–water partition coefficient (Wildman–Crippen LogP) is 4.88. The minimum absolute atomic E-state index is 0.0360. The van der Waals surface area contributed by atoms with E-state index < -0.39 is 11.9 Å². The second-order valence-corrected chi connectivity index (χ2v) is 8.44. The Bertz CT molecular complexity index is 1480. The number of halogens is 1. The molecule has 0 fully saturated rings. The van der Waals surface area contributed by atoms with Gasteiger partial charge in [0.2, 0.25) is 17.5 Å². The Kier molecular flexibility index (Phi) is 5.76. The first-order valence-corrected chi connectivity index (χ1v) is 11.1. The topological polar surface area (TPSA) is 136 Å². The fraction of sp³-hybridized carbons (Fsp3) is 0.0800. The van der Waals surface area contributed by atoms with Crippen molar-refractivity contribution >= 4 is 21.9 Å². The molecular formula is C25H17BrN4O5. The van der Waals surface area contributed by atoms with Crippen LogP contribution in [0.25, 0.3) is 11.3 Å². The highest BCUT2D eigenvalue weighted by molar-refractivity contribution is 9.10. The molecule has 0 aliphatic carbocycles. The number of nitrogens with two attached hydrogens (primary N) is 1. The highest BCUT2D eigenvalue weighted by Crippen LogP contribution is 2.47. The summed E-state index contributed by atoms with van der Waals surface area (Å²) in [6, 6.07) is 17.9. The van der Waals surface area contributed by atoms with E-state index in [-0.39, 0.29) is 28.8 Å². The summed E-state index contributed by atoms with van der Waals surface area (Å²) in [5.41, 5.74) is 9.17. The molecule has 5 rings (SSSR count). The van der Waals surface area contributed by atoms with E-state index in [2.05, 4.69) is 32.2 Å². The molecule has 1 atom stereocenters. The number of nitrogens with zero attached hydrogens (tertiary/aromatic N) is 2. The molecule has 0 saturated heterocycles. The Morgan fingerprint density at radius 3 is 2.69 bits per heavy atom. The number of nitriles is 1. The van der Waals surface area contributed by atoms with Gasteiger partial charge in [-0.3, -0.25) is 5.10 Å². The predicted molar refractivity (Wildman–Crippen MR) is 128 cm³/mol. The molecule has 1 aliphatic heterocycles. The smallest absolute Gasteiger partial charge is 0.379 e. The highest BCUT2D eigenvalue weighted by atomic mass is 79.9. The average Bonchev–Trinajstić information content (AvgIpc) is 3.54. The van der Waals surface area contributed by atoms with Gasteiger partial charge in [0.05, 0.1) is 30.5 Å². The SMILES string of the molecule is COc1cc([C@H]2C(C#N)=C(N)Oc3n[nH]c(-c4ccc(Br)cc4)c32)ccc1OC(=O)c1ccco1. The van der Waals surface area contributed by atoms with E-state index in [4.69, 9.17) is 24.4 Å². The van der Waals surface area contributed by atoms with E-state index in [1.807, 2.05) is 24.3 Å². The molecule has 0 saturated carbocycles. The lowest BCUT2D eigenvalue weighted by Gasteiger charge is -2.24. The number of hydrogen-bond acceptors (Lipinski definition) is 8. The lowest BCUT2D eigenvalue weighted by molar-refractivity contribution is 0.0696. The number of aromatic amines is 1. The minimum Gasteiger partial charge on any atom is -0.493 e. The number of allylic oxidation sites excluding steroid dienone is 1. The van der Waals surface area contributed by atoms with E-state index in [1.54, 1.807) is 24.3 Å². The number of carbonyl (C=O) groups excluding carboxylic acids is 1. The number of rotatable bonds is 5. The number of hydrogen-bond donors (Lipinski definition) is 2. The van der Waals surface area contributed by atoms with Crippen LogP contribution in [0.1, 0.15) is 27.6 Å². The molecule has 2 aromatic heterocycles. The van der Waals surface area contributed by atoms with E-state index in [1.165, 1.54) is 19.4 Å². The summed E-state index contributed by atoms with van der Waals surface area (Å²) in [5, 5.41) is 17.2. The maximum atomic E-state index is 12.4. The fourth-order valence-corrected chi connectivity index (χ4v) is 4.17. The number of esters is 1. The van der Waals surface area contributed by atoms with Gasteiger partial charge in [-0.15, -0.1) is 5.10 Å². The van der Waals surface area contributed by atoms with Crippen LogP contribution in [0.15, 0.2) is 81.2 Å². The molecule has 0 radical (unpaired) electrons. The van der Waals surface area contributed by atoms with Gasteiger partial charge in [0, 0.05) is 10.0 Å². The summed E-state index contributed by atoms with van der Waals surface area (Å²) in [6.07, 6.45) is 1.38. The number of aromatic nitrogens is 2.